The molecule has 0 saturated carbocycles. The van der Waals surface area contributed by atoms with Crippen LogP contribution in [-0.2, 0) is 0 Å². The lowest BCUT2D eigenvalue weighted by Gasteiger charge is -2.18. The van der Waals surface area contributed by atoms with Gasteiger partial charge in [0.1, 0.15) is 12.4 Å². The number of nitrogens with zero attached hydrogens (tertiary/aromatic N) is 2. The topological polar surface area (TPSA) is 72.7 Å². The second-order valence-electron chi connectivity index (χ2n) is 5.82. The molecule has 0 aromatic heterocycles. The zero-order chi connectivity index (χ0) is 18.6. The molecular formula is C18H19ClN2O4. The van der Waals surface area contributed by atoms with Crippen molar-refractivity contribution >= 4 is 23.2 Å². The van der Waals surface area contributed by atoms with Crippen LogP contribution >= 0.6 is 11.6 Å². The van der Waals surface area contributed by atoms with E-state index < -0.39 is 10.8 Å². The summed E-state index contributed by atoms with van der Waals surface area (Å²) < 4.78 is 5.68. The van der Waals surface area contributed by atoms with E-state index >= 15 is 0 Å². The third-order valence-corrected chi connectivity index (χ3v) is 3.96. The van der Waals surface area contributed by atoms with Crippen molar-refractivity contribution in [3.8, 4) is 5.75 Å². The van der Waals surface area contributed by atoms with Gasteiger partial charge < -0.3 is 9.64 Å². The first kappa shape index (κ1) is 18.7. The molecule has 0 aliphatic rings. The number of benzene rings is 2. The highest BCUT2D eigenvalue weighted by Gasteiger charge is 2.19. The van der Waals surface area contributed by atoms with E-state index in [-0.39, 0.29) is 16.3 Å². The fourth-order valence-corrected chi connectivity index (χ4v) is 2.61. The van der Waals surface area contributed by atoms with E-state index in [9.17, 15) is 14.9 Å². The molecule has 0 atom stereocenters. The Bertz CT molecular complexity index is 787. The highest BCUT2D eigenvalue weighted by atomic mass is 35.5. The summed E-state index contributed by atoms with van der Waals surface area (Å²) in [7, 11) is 1.60. The Morgan fingerprint density at radius 3 is 2.44 bits per heavy atom. The number of hydrogen-bond acceptors (Lipinski definition) is 4. The van der Waals surface area contributed by atoms with Crippen LogP contribution in [0, 0.1) is 24.0 Å². The van der Waals surface area contributed by atoms with Crippen molar-refractivity contribution in [2.24, 2.45) is 0 Å². The number of aryl methyl sites for hydroxylation is 2. The molecule has 0 radical (unpaired) electrons. The number of amides is 1. The average molecular weight is 363 g/mol. The molecule has 2 aromatic rings. The van der Waals surface area contributed by atoms with Gasteiger partial charge in [-0.3, -0.25) is 14.9 Å². The number of carbonyl (C=O) groups is 1. The fraction of sp³-hybridized carbons (Fsp3) is 0.278. The maximum Gasteiger partial charge on any atom is 0.270 e. The molecular weight excluding hydrogens is 344 g/mol. The molecule has 0 N–H and O–H groups in total. The minimum atomic E-state index is -0.559. The molecule has 0 unspecified atom stereocenters. The Morgan fingerprint density at radius 2 is 1.84 bits per heavy atom. The lowest BCUT2D eigenvalue weighted by molar-refractivity contribution is -0.384. The minimum absolute atomic E-state index is 0.102. The summed E-state index contributed by atoms with van der Waals surface area (Å²) in [5.41, 5.74) is 2.13. The first-order valence-corrected chi connectivity index (χ1v) is 8.06. The van der Waals surface area contributed by atoms with Crippen LogP contribution in [0.25, 0.3) is 0 Å². The van der Waals surface area contributed by atoms with Crippen LogP contribution in [-0.4, -0.2) is 35.9 Å². The highest BCUT2D eigenvalue weighted by Crippen LogP contribution is 2.23. The van der Waals surface area contributed by atoms with E-state index in [1.165, 1.54) is 23.1 Å². The molecule has 0 fully saturated rings. The van der Waals surface area contributed by atoms with Gasteiger partial charge in [0.05, 0.1) is 22.1 Å². The SMILES string of the molecule is Cc1cc(C)cc(OCCN(C)C(=O)c2cc([N+](=O)[O-])ccc2Cl)c1. The van der Waals surface area contributed by atoms with Crippen molar-refractivity contribution in [3.05, 3.63) is 68.2 Å². The molecule has 132 valence electrons. The molecule has 2 aromatic carbocycles. The van der Waals surface area contributed by atoms with Gasteiger partial charge in [-0.1, -0.05) is 17.7 Å². The summed E-state index contributed by atoms with van der Waals surface area (Å²) in [6, 6.07) is 9.70. The summed E-state index contributed by atoms with van der Waals surface area (Å²) >= 11 is 6.00. The predicted molar refractivity (Wildman–Crippen MR) is 96.5 cm³/mol. The van der Waals surface area contributed by atoms with Gasteiger partial charge >= 0.3 is 0 Å². The Balaban J connectivity index is 2.01. The second-order valence-corrected chi connectivity index (χ2v) is 6.23. The number of nitro groups is 1. The van der Waals surface area contributed by atoms with Gasteiger partial charge in [0.2, 0.25) is 0 Å². The number of nitro benzene ring substituents is 1. The van der Waals surface area contributed by atoms with E-state index in [0.29, 0.717) is 13.2 Å². The van der Waals surface area contributed by atoms with Crippen LogP contribution in [0.15, 0.2) is 36.4 Å². The number of non-ortho nitro benzene ring substituents is 1. The number of carbonyl (C=O) groups excluding carboxylic acids is 1. The lowest BCUT2D eigenvalue weighted by atomic mass is 10.1. The number of ether oxygens (including phenoxy) is 1. The lowest BCUT2D eigenvalue weighted by Crippen LogP contribution is -2.31. The van der Waals surface area contributed by atoms with E-state index in [4.69, 9.17) is 16.3 Å². The standard InChI is InChI=1S/C18H19ClN2O4/c1-12-8-13(2)10-15(9-12)25-7-6-20(3)18(22)16-11-14(21(23)24)4-5-17(16)19/h4-5,8-11H,6-7H2,1-3H3. The van der Waals surface area contributed by atoms with Gasteiger partial charge in [-0.25, -0.2) is 0 Å². The van der Waals surface area contributed by atoms with Crippen LogP contribution < -0.4 is 4.74 Å². The molecule has 6 nitrogen and oxygen atoms in total. The maximum atomic E-state index is 12.5. The fourth-order valence-electron chi connectivity index (χ4n) is 2.41. The first-order chi connectivity index (χ1) is 11.8. The number of likely N-dealkylation sites (N-methyl/N-ethyl adjacent to an activating group) is 1. The third kappa shape index (κ3) is 4.93. The van der Waals surface area contributed by atoms with Crippen LogP contribution in [0.4, 0.5) is 5.69 Å². The van der Waals surface area contributed by atoms with Crippen molar-refractivity contribution in [2.45, 2.75) is 13.8 Å². The van der Waals surface area contributed by atoms with Crippen molar-refractivity contribution in [1.29, 1.82) is 0 Å². The van der Waals surface area contributed by atoms with E-state index in [0.717, 1.165) is 16.9 Å². The van der Waals surface area contributed by atoms with Gasteiger partial charge in [0.25, 0.3) is 11.6 Å². The van der Waals surface area contributed by atoms with Crippen LogP contribution in [0.1, 0.15) is 21.5 Å². The minimum Gasteiger partial charge on any atom is -0.492 e. The van der Waals surface area contributed by atoms with Gasteiger partial charge in [0.15, 0.2) is 0 Å². The zero-order valence-corrected chi connectivity index (χ0v) is 15.0. The zero-order valence-electron chi connectivity index (χ0n) is 14.3. The number of rotatable bonds is 6. The Hall–Kier alpha value is -2.60. The van der Waals surface area contributed by atoms with Gasteiger partial charge in [-0.15, -0.1) is 0 Å². The molecule has 25 heavy (non-hydrogen) atoms. The first-order valence-electron chi connectivity index (χ1n) is 7.68. The molecule has 1 amide bonds. The predicted octanol–water partition coefficient (Wildman–Crippen LogP) is 4.02. The Morgan fingerprint density at radius 1 is 1.20 bits per heavy atom. The summed E-state index contributed by atoms with van der Waals surface area (Å²) in [5.74, 6) is 0.351. The monoisotopic (exact) mass is 362 g/mol. The van der Waals surface area contributed by atoms with Crippen molar-refractivity contribution in [1.82, 2.24) is 4.90 Å². The largest absolute Gasteiger partial charge is 0.492 e. The molecule has 0 aliphatic heterocycles. The Labute approximate surface area is 151 Å². The number of hydrogen-bond donors (Lipinski definition) is 0. The summed E-state index contributed by atoms with van der Waals surface area (Å²) in [4.78, 5) is 24.2. The normalized spacial score (nSPS) is 10.4. The van der Waals surface area contributed by atoms with Gasteiger partial charge in [-0.05, 0) is 43.2 Å². The summed E-state index contributed by atoms with van der Waals surface area (Å²) in [6.07, 6.45) is 0. The maximum absolute atomic E-state index is 12.5. The summed E-state index contributed by atoms with van der Waals surface area (Å²) in [6.45, 7) is 4.60. The quantitative estimate of drug-likeness (QED) is 0.574. The molecule has 0 aliphatic carbocycles. The van der Waals surface area contributed by atoms with Gasteiger partial charge in [-0.2, -0.15) is 0 Å². The Kier molecular flexibility index (Phi) is 5.98. The number of halogens is 1. The van der Waals surface area contributed by atoms with Crippen molar-refractivity contribution < 1.29 is 14.5 Å². The molecule has 7 heteroatoms. The van der Waals surface area contributed by atoms with Crippen LogP contribution in [0.2, 0.25) is 5.02 Å². The average Bonchev–Trinajstić information content (AvgIpc) is 2.53. The van der Waals surface area contributed by atoms with Gasteiger partial charge in [0, 0.05) is 19.2 Å². The molecule has 0 bridgehead atoms. The van der Waals surface area contributed by atoms with Crippen LogP contribution in [0.5, 0.6) is 5.75 Å². The second kappa shape index (κ2) is 7.98. The molecule has 0 spiro atoms. The van der Waals surface area contributed by atoms with E-state index in [1.807, 2.05) is 32.0 Å². The summed E-state index contributed by atoms with van der Waals surface area (Å²) in [5, 5.41) is 11.0. The van der Waals surface area contributed by atoms with Crippen molar-refractivity contribution in [2.75, 3.05) is 20.2 Å². The smallest absolute Gasteiger partial charge is 0.270 e. The van der Waals surface area contributed by atoms with Crippen molar-refractivity contribution in [3.63, 3.8) is 0 Å². The molecule has 0 saturated heterocycles. The third-order valence-electron chi connectivity index (χ3n) is 3.63. The van der Waals surface area contributed by atoms with Crippen LogP contribution in [0.3, 0.4) is 0 Å². The highest BCUT2D eigenvalue weighted by molar-refractivity contribution is 6.33. The molecule has 2 rings (SSSR count). The van der Waals surface area contributed by atoms with E-state index in [2.05, 4.69) is 0 Å². The molecule has 0 heterocycles. The van der Waals surface area contributed by atoms with E-state index in [1.54, 1.807) is 7.05 Å².